The fraction of sp³-hybridized carbons (Fsp3) is 0.211. The van der Waals surface area contributed by atoms with Gasteiger partial charge in [0.15, 0.2) is 0 Å². The minimum absolute atomic E-state index is 0.0345. The molecule has 0 aliphatic carbocycles. The molecule has 0 saturated heterocycles. The highest BCUT2D eigenvalue weighted by Gasteiger charge is 2.23. The number of aryl methyl sites for hydroxylation is 1. The quantitative estimate of drug-likeness (QED) is 0.643. The van der Waals surface area contributed by atoms with Gasteiger partial charge in [0.1, 0.15) is 29.5 Å². The molecular formula is C19H17N5O3S. The van der Waals surface area contributed by atoms with E-state index in [1.54, 1.807) is 6.92 Å². The molecular weight excluding hydrogens is 378 g/mol. The van der Waals surface area contributed by atoms with Gasteiger partial charge in [0.25, 0.3) is 0 Å². The van der Waals surface area contributed by atoms with E-state index in [0.717, 1.165) is 11.1 Å². The topological polar surface area (TPSA) is 110 Å². The third kappa shape index (κ3) is 4.07. The van der Waals surface area contributed by atoms with Crippen molar-refractivity contribution in [3.8, 4) is 17.2 Å². The SMILES string of the molecule is CCOC(=O)c1c(-c2ccc(C)cc2)csc1NC(=O)Cn1cnnc1C#N. The van der Waals surface area contributed by atoms with Crippen LogP contribution in [-0.2, 0) is 16.1 Å². The minimum atomic E-state index is -0.503. The van der Waals surface area contributed by atoms with Gasteiger partial charge in [-0.3, -0.25) is 9.36 Å². The fourth-order valence-electron chi connectivity index (χ4n) is 2.58. The maximum absolute atomic E-state index is 12.6. The van der Waals surface area contributed by atoms with E-state index in [-0.39, 0.29) is 19.0 Å². The van der Waals surface area contributed by atoms with Crippen LogP contribution in [0.3, 0.4) is 0 Å². The number of carbonyl (C=O) groups excluding carboxylic acids is 2. The number of hydrogen-bond acceptors (Lipinski definition) is 7. The van der Waals surface area contributed by atoms with Crippen LogP contribution in [-0.4, -0.2) is 33.2 Å². The lowest BCUT2D eigenvalue weighted by Crippen LogP contribution is -2.20. The third-order valence-electron chi connectivity index (χ3n) is 3.92. The first kappa shape index (κ1) is 19.3. The van der Waals surface area contributed by atoms with E-state index >= 15 is 0 Å². The Labute approximate surface area is 165 Å². The Bertz CT molecular complexity index is 1050. The molecule has 0 spiro atoms. The van der Waals surface area contributed by atoms with Crippen LogP contribution in [0.5, 0.6) is 0 Å². The first-order chi connectivity index (χ1) is 13.5. The Morgan fingerprint density at radius 2 is 2.07 bits per heavy atom. The summed E-state index contributed by atoms with van der Waals surface area (Å²) in [5.74, 6) is -0.872. The molecule has 0 aliphatic heterocycles. The molecule has 2 heterocycles. The molecule has 2 aromatic heterocycles. The van der Waals surface area contributed by atoms with E-state index in [2.05, 4.69) is 15.5 Å². The van der Waals surface area contributed by atoms with Gasteiger partial charge in [-0.2, -0.15) is 5.26 Å². The molecule has 1 amide bonds. The smallest absolute Gasteiger partial charge is 0.341 e. The van der Waals surface area contributed by atoms with Crippen LogP contribution in [0.2, 0.25) is 0 Å². The second-order valence-corrected chi connectivity index (χ2v) is 6.76. The van der Waals surface area contributed by atoms with Gasteiger partial charge in [0.2, 0.25) is 11.7 Å². The molecule has 0 saturated carbocycles. The zero-order valence-electron chi connectivity index (χ0n) is 15.3. The molecule has 0 fully saturated rings. The fourth-order valence-corrected chi connectivity index (χ4v) is 3.55. The van der Waals surface area contributed by atoms with E-state index in [1.807, 2.05) is 42.6 Å². The average Bonchev–Trinajstić information content (AvgIpc) is 3.29. The number of amides is 1. The lowest BCUT2D eigenvalue weighted by atomic mass is 10.0. The van der Waals surface area contributed by atoms with Crippen molar-refractivity contribution in [3.63, 3.8) is 0 Å². The summed E-state index contributed by atoms with van der Waals surface area (Å²) in [6.07, 6.45) is 1.30. The van der Waals surface area contributed by atoms with Crippen molar-refractivity contribution in [2.75, 3.05) is 11.9 Å². The highest BCUT2D eigenvalue weighted by atomic mass is 32.1. The molecule has 1 aromatic carbocycles. The van der Waals surface area contributed by atoms with E-state index in [0.29, 0.717) is 16.1 Å². The van der Waals surface area contributed by atoms with Crippen molar-refractivity contribution in [3.05, 3.63) is 52.9 Å². The molecule has 0 aliphatic rings. The molecule has 0 radical (unpaired) electrons. The van der Waals surface area contributed by atoms with E-state index in [1.165, 1.54) is 22.2 Å². The van der Waals surface area contributed by atoms with Gasteiger partial charge in [0.05, 0.1) is 6.61 Å². The molecule has 3 rings (SSSR count). The molecule has 0 atom stereocenters. The average molecular weight is 395 g/mol. The minimum Gasteiger partial charge on any atom is -0.462 e. The lowest BCUT2D eigenvalue weighted by molar-refractivity contribution is -0.116. The lowest BCUT2D eigenvalue weighted by Gasteiger charge is -2.09. The molecule has 142 valence electrons. The number of esters is 1. The monoisotopic (exact) mass is 395 g/mol. The van der Waals surface area contributed by atoms with Crippen molar-refractivity contribution in [1.82, 2.24) is 14.8 Å². The van der Waals surface area contributed by atoms with Crippen molar-refractivity contribution in [2.45, 2.75) is 20.4 Å². The van der Waals surface area contributed by atoms with E-state index < -0.39 is 11.9 Å². The third-order valence-corrected chi connectivity index (χ3v) is 4.81. The second-order valence-electron chi connectivity index (χ2n) is 5.88. The number of aromatic nitrogens is 3. The number of benzene rings is 1. The van der Waals surface area contributed by atoms with Crippen LogP contribution in [0.15, 0.2) is 36.0 Å². The molecule has 3 aromatic rings. The van der Waals surface area contributed by atoms with Crippen LogP contribution in [0.25, 0.3) is 11.1 Å². The summed E-state index contributed by atoms with van der Waals surface area (Å²) in [6, 6.07) is 9.60. The largest absolute Gasteiger partial charge is 0.462 e. The van der Waals surface area contributed by atoms with Gasteiger partial charge in [0, 0.05) is 10.9 Å². The molecule has 9 heteroatoms. The number of nitrogens with zero attached hydrogens (tertiary/aromatic N) is 4. The summed E-state index contributed by atoms with van der Waals surface area (Å²) in [5, 5.41) is 21.1. The number of thiophene rings is 1. The zero-order valence-corrected chi connectivity index (χ0v) is 16.1. The first-order valence-electron chi connectivity index (χ1n) is 8.47. The Morgan fingerprint density at radius 3 is 2.75 bits per heavy atom. The summed E-state index contributed by atoms with van der Waals surface area (Å²) < 4.78 is 6.51. The van der Waals surface area contributed by atoms with Crippen molar-refractivity contribution in [1.29, 1.82) is 5.26 Å². The standard InChI is InChI=1S/C19H17N5O3S/c1-3-27-19(26)17-14(13-6-4-12(2)5-7-13)10-28-18(17)22-16(25)9-24-11-21-23-15(24)8-20/h4-7,10-11H,3,9H2,1-2H3,(H,22,25). The van der Waals surface area contributed by atoms with Crippen molar-refractivity contribution in [2.24, 2.45) is 0 Å². The summed E-state index contributed by atoms with van der Waals surface area (Å²) in [5.41, 5.74) is 2.97. The summed E-state index contributed by atoms with van der Waals surface area (Å²) in [4.78, 5) is 25.0. The number of ether oxygens (including phenoxy) is 1. The summed E-state index contributed by atoms with van der Waals surface area (Å²) >= 11 is 1.24. The normalized spacial score (nSPS) is 10.3. The number of hydrogen-bond donors (Lipinski definition) is 1. The van der Waals surface area contributed by atoms with Gasteiger partial charge in [-0.1, -0.05) is 29.8 Å². The van der Waals surface area contributed by atoms with Crippen molar-refractivity contribution >= 4 is 28.2 Å². The number of nitriles is 1. The highest BCUT2D eigenvalue weighted by Crippen LogP contribution is 2.36. The Morgan fingerprint density at radius 1 is 1.32 bits per heavy atom. The molecule has 8 nitrogen and oxygen atoms in total. The Kier molecular flexibility index (Phi) is 5.81. The maximum atomic E-state index is 12.6. The van der Waals surface area contributed by atoms with Crippen LogP contribution < -0.4 is 5.32 Å². The predicted octanol–water partition coefficient (Wildman–Crippen LogP) is 3.00. The molecule has 0 unspecified atom stereocenters. The molecule has 28 heavy (non-hydrogen) atoms. The Balaban J connectivity index is 1.90. The van der Waals surface area contributed by atoms with Gasteiger partial charge in [-0.15, -0.1) is 21.5 Å². The molecule has 1 N–H and O–H groups in total. The number of anilines is 1. The molecule has 0 bridgehead atoms. The van der Waals surface area contributed by atoms with E-state index in [4.69, 9.17) is 10.00 Å². The number of nitrogens with one attached hydrogen (secondary N) is 1. The first-order valence-corrected chi connectivity index (χ1v) is 9.34. The van der Waals surface area contributed by atoms with Crippen molar-refractivity contribution < 1.29 is 14.3 Å². The number of carbonyl (C=O) groups is 2. The van der Waals surface area contributed by atoms with Crippen LogP contribution in [0.1, 0.15) is 28.7 Å². The van der Waals surface area contributed by atoms with Crippen LogP contribution in [0, 0.1) is 18.3 Å². The summed E-state index contributed by atoms with van der Waals surface area (Å²) in [7, 11) is 0. The summed E-state index contributed by atoms with van der Waals surface area (Å²) in [6.45, 7) is 3.79. The highest BCUT2D eigenvalue weighted by molar-refractivity contribution is 7.15. The van der Waals surface area contributed by atoms with Crippen LogP contribution >= 0.6 is 11.3 Å². The van der Waals surface area contributed by atoms with Gasteiger partial charge < -0.3 is 10.1 Å². The maximum Gasteiger partial charge on any atom is 0.341 e. The Hall–Kier alpha value is -3.51. The van der Waals surface area contributed by atoms with Gasteiger partial charge in [-0.25, -0.2) is 4.79 Å². The van der Waals surface area contributed by atoms with E-state index in [9.17, 15) is 9.59 Å². The van der Waals surface area contributed by atoms with Gasteiger partial charge in [-0.05, 0) is 19.4 Å². The predicted molar refractivity (Wildman–Crippen MR) is 104 cm³/mol. The second kappa shape index (κ2) is 8.45. The van der Waals surface area contributed by atoms with Gasteiger partial charge >= 0.3 is 5.97 Å². The number of rotatable bonds is 6. The zero-order chi connectivity index (χ0) is 20.1. The van der Waals surface area contributed by atoms with Crippen LogP contribution in [0.4, 0.5) is 5.00 Å².